The van der Waals surface area contributed by atoms with E-state index < -0.39 is 0 Å². The third-order valence-corrected chi connectivity index (χ3v) is 6.33. The van der Waals surface area contributed by atoms with Gasteiger partial charge in [0.15, 0.2) is 0 Å². The normalized spacial score (nSPS) is 23.7. The number of aliphatic hydroxyl groups excluding tert-OH is 1. The number of aliphatic hydroxyl groups is 1. The van der Waals surface area contributed by atoms with Crippen molar-refractivity contribution >= 4 is 34.9 Å². The van der Waals surface area contributed by atoms with Gasteiger partial charge in [-0.3, -0.25) is 0 Å². The SMILES string of the molecule is CC.CC.[B]c1ccc(C2SSC(C)(C)C2O)cc1. The summed E-state index contributed by atoms with van der Waals surface area (Å²) in [6, 6.07) is 7.77. The summed E-state index contributed by atoms with van der Waals surface area (Å²) in [6.45, 7) is 12.2. The van der Waals surface area contributed by atoms with Gasteiger partial charge < -0.3 is 5.11 Å². The molecule has 1 saturated heterocycles. The molecule has 2 atom stereocenters. The Morgan fingerprint density at radius 1 is 1.05 bits per heavy atom. The van der Waals surface area contributed by atoms with Gasteiger partial charge in [-0.2, -0.15) is 0 Å². The van der Waals surface area contributed by atoms with Crippen LogP contribution in [0, 0.1) is 0 Å². The Morgan fingerprint density at radius 2 is 1.53 bits per heavy atom. The second-order valence-electron chi connectivity index (χ2n) is 4.32. The van der Waals surface area contributed by atoms with E-state index in [4.69, 9.17) is 7.85 Å². The molecule has 0 saturated carbocycles. The minimum absolute atomic E-state index is 0.0727. The van der Waals surface area contributed by atoms with Crippen molar-refractivity contribution < 1.29 is 5.11 Å². The molecule has 1 aliphatic heterocycles. The Morgan fingerprint density at radius 3 is 1.89 bits per heavy atom. The molecule has 1 aliphatic rings. The number of hydrogen-bond acceptors (Lipinski definition) is 3. The highest BCUT2D eigenvalue weighted by Gasteiger charge is 2.43. The van der Waals surface area contributed by atoms with Gasteiger partial charge in [-0.1, -0.05) is 79.0 Å². The molecule has 0 spiro atoms. The van der Waals surface area contributed by atoms with Crippen LogP contribution >= 0.6 is 21.6 Å². The lowest BCUT2D eigenvalue weighted by Gasteiger charge is -2.23. The van der Waals surface area contributed by atoms with E-state index in [0.717, 1.165) is 11.0 Å². The quantitative estimate of drug-likeness (QED) is 0.622. The van der Waals surface area contributed by atoms with E-state index in [-0.39, 0.29) is 16.1 Å². The lowest BCUT2D eigenvalue weighted by Crippen LogP contribution is -2.31. The zero-order valence-corrected chi connectivity index (χ0v) is 14.4. The van der Waals surface area contributed by atoms with Crippen molar-refractivity contribution in [1.82, 2.24) is 0 Å². The Balaban J connectivity index is 0.000000741. The van der Waals surface area contributed by atoms with E-state index in [1.165, 1.54) is 0 Å². The lowest BCUT2D eigenvalue weighted by atomic mass is 9.92. The van der Waals surface area contributed by atoms with Crippen LogP contribution < -0.4 is 5.46 Å². The molecule has 1 heterocycles. The maximum absolute atomic E-state index is 10.2. The van der Waals surface area contributed by atoms with E-state index in [9.17, 15) is 5.11 Å². The molecule has 1 aromatic rings. The van der Waals surface area contributed by atoms with Crippen molar-refractivity contribution in [2.45, 2.75) is 57.6 Å². The van der Waals surface area contributed by atoms with Crippen LogP contribution in [0.1, 0.15) is 52.4 Å². The van der Waals surface area contributed by atoms with Crippen molar-refractivity contribution in [2.75, 3.05) is 0 Å². The van der Waals surface area contributed by atoms with Gasteiger partial charge in [0.2, 0.25) is 0 Å². The maximum Gasteiger partial charge on any atom is 0.113 e. The van der Waals surface area contributed by atoms with E-state index in [2.05, 4.69) is 13.8 Å². The first-order valence-corrected chi connectivity index (χ1v) is 9.10. The maximum atomic E-state index is 10.2. The fourth-order valence-electron chi connectivity index (χ4n) is 1.57. The molecule has 1 aromatic carbocycles. The predicted octanol–water partition coefficient (Wildman–Crippen LogP) is 4.11. The van der Waals surface area contributed by atoms with Crippen LogP contribution in [0.25, 0.3) is 0 Å². The third-order valence-electron chi connectivity index (χ3n) is 2.63. The topological polar surface area (TPSA) is 20.2 Å². The van der Waals surface area contributed by atoms with E-state index >= 15 is 0 Å². The fraction of sp³-hybridized carbons (Fsp3) is 0.600. The highest BCUT2D eigenvalue weighted by atomic mass is 33.1. The number of hydrogen-bond donors (Lipinski definition) is 1. The van der Waals surface area contributed by atoms with E-state index in [1.807, 2.05) is 52.0 Å². The van der Waals surface area contributed by atoms with Gasteiger partial charge in [0.25, 0.3) is 0 Å². The first kappa shape index (κ1) is 18.9. The highest BCUT2D eigenvalue weighted by molar-refractivity contribution is 8.77. The standard InChI is InChI=1S/C11H13BOS2.2C2H6/c1-11(2)10(13)9(14-15-11)7-3-5-8(12)6-4-7;2*1-2/h3-6,9-10,13H,1-2H3;2*1-2H3. The summed E-state index contributed by atoms with van der Waals surface area (Å²) in [5, 5.41) is 10.3. The van der Waals surface area contributed by atoms with Gasteiger partial charge in [0, 0.05) is 4.75 Å². The van der Waals surface area contributed by atoms with Crippen molar-refractivity contribution in [3.63, 3.8) is 0 Å². The molecule has 2 rings (SSSR count). The van der Waals surface area contributed by atoms with Gasteiger partial charge in [-0.05, 0) is 19.4 Å². The van der Waals surface area contributed by atoms with Gasteiger partial charge in [0.05, 0.1) is 11.4 Å². The van der Waals surface area contributed by atoms with E-state index in [1.54, 1.807) is 21.6 Å². The molecule has 2 unspecified atom stereocenters. The number of benzene rings is 1. The summed E-state index contributed by atoms with van der Waals surface area (Å²) in [5.74, 6) is 0. The number of rotatable bonds is 1. The first-order valence-electron chi connectivity index (χ1n) is 6.89. The van der Waals surface area contributed by atoms with Gasteiger partial charge in [-0.15, -0.1) is 0 Å². The average molecular weight is 296 g/mol. The van der Waals surface area contributed by atoms with E-state index in [0.29, 0.717) is 0 Å². The van der Waals surface area contributed by atoms with Gasteiger partial charge >= 0.3 is 0 Å². The molecular weight excluding hydrogens is 271 g/mol. The van der Waals surface area contributed by atoms with Crippen LogP contribution in [0.15, 0.2) is 24.3 Å². The molecule has 19 heavy (non-hydrogen) atoms. The van der Waals surface area contributed by atoms with Crippen molar-refractivity contribution in [1.29, 1.82) is 0 Å². The van der Waals surface area contributed by atoms with Crippen LogP contribution in [0.4, 0.5) is 0 Å². The summed E-state index contributed by atoms with van der Waals surface area (Å²) in [6.07, 6.45) is -0.309. The Bertz CT molecular complexity index is 352. The Labute approximate surface area is 127 Å². The minimum atomic E-state index is -0.309. The predicted molar refractivity (Wildman–Crippen MR) is 92.5 cm³/mol. The Hall–Kier alpha value is -0.0551. The molecule has 0 bridgehead atoms. The molecule has 1 nitrogen and oxygen atoms in total. The fourth-order valence-corrected chi connectivity index (χ4v) is 4.95. The van der Waals surface area contributed by atoms with Crippen LogP contribution in [-0.2, 0) is 0 Å². The molecule has 0 aromatic heterocycles. The van der Waals surface area contributed by atoms with Gasteiger partial charge in [0.1, 0.15) is 7.85 Å². The zero-order chi connectivity index (χ0) is 15.1. The molecule has 0 amide bonds. The lowest BCUT2D eigenvalue weighted by molar-refractivity contribution is 0.143. The average Bonchev–Trinajstić information content (AvgIpc) is 2.71. The summed E-state index contributed by atoms with van der Waals surface area (Å²) in [7, 11) is 9.13. The first-order chi connectivity index (χ1) is 9.00. The molecule has 4 heteroatoms. The Kier molecular flexibility index (Phi) is 8.96. The summed E-state index contributed by atoms with van der Waals surface area (Å²) in [5.41, 5.74) is 1.92. The second kappa shape index (κ2) is 8.99. The largest absolute Gasteiger partial charge is 0.390 e. The van der Waals surface area contributed by atoms with Crippen molar-refractivity contribution in [2.24, 2.45) is 0 Å². The van der Waals surface area contributed by atoms with Crippen LogP contribution in [0.3, 0.4) is 0 Å². The summed E-state index contributed by atoms with van der Waals surface area (Å²) < 4.78 is -0.0727. The summed E-state index contributed by atoms with van der Waals surface area (Å²) >= 11 is 0. The summed E-state index contributed by atoms with van der Waals surface area (Å²) in [4.78, 5) is 0. The molecule has 0 aliphatic carbocycles. The van der Waals surface area contributed by atoms with Crippen molar-refractivity contribution in [3.8, 4) is 0 Å². The zero-order valence-electron chi connectivity index (χ0n) is 12.8. The molecule has 2 radical (unpaired) electrons. The third kappa shape index (κ3) is 5.09. The molecular formula is C15H25BOS2. The monoisotopic (exact) mass is 296 g/mol. The van der Waals surface area contributed by atoms with Gasteiger partial charge in [-0.25, -0.2) is 0 Å². The van der Waals surface area contributed by atoms with Crippen LogP contribution in [-0.4, -0.2) is 23.8 Å². The minimum Gasteiger partial charge on any atom is -0.390 e. The second-order valence-corrected chi connectivity index (χ2v) is 7.31. The van der Waals surface area contributed by atoms with Crippen LogP contribution in [0.5, 0.6) is 0 Å². The van der Waals surface area contributed by atoms with Crippen molar-refractivity contribution in [3.05, 3.63) is 29.8 Å². The molecule has 1 fully saturated rings. The molecule has 106 valence electrons. The van der Waals surface area contributed by atoms with Crippen LogP contribution in [0.2, 0.25) is 0 Å². The highest BCUT2D eigenvalue weighted by Crippen LogP contribution is 2.57. The molecule has 1 N–H and O–H groups in total. The smallest absolute Gasteiger partial charge is 0.113 e.